The van der Waals surface area contributed by atoms with Crippen molar-refractivity contribution in [1.29, 1.82) is 0 Å². The lowest BCUT2D eigenvalue weighted by molar-refractivity contribution is -0.137. The summed E-state index contributed by atoms with van der Waals surface area (Å²) >= 11 is 0. The van der Waals surface area contributed by atoms with E-state index in [-0.39, 0.29) is 0 Å². The van der Waals surface area contributed by atoms with Crippen LogP contribution in [0.3, 0.4) is 0 Å². The number of piperidine rings is 1. The highest BCUT2D eigenvalue weighted by atomic mass is 19.4. The van der Waals surface area contributed by atoms with Crippen LogP contribution < -0.4 is 5.73 Å². The van der Waals surface area contributed by atoms with E-state index in [2.05, 4.69) is 18.0 Å². The number of likely N-dealkylation sites (tertiary alicyclic amines) is 1. The lowest BCUT2D eigenvalue weighted by Crippen LogP contribution is -2.23. The number of rotatable bonds is 6. The Kier molecular flexibility index (Phi) is 12.8. The Bertz CT molecular complexity index is 1010. The highest BCUT2D eigenvalue weighted by molar-refractivity contribution is 5.53. The van der Waals surface area contributed by atoms with Crippen LogP contribution in [0.1, 0.15) is 65.4 Å². The van der Waals surface area contributed by atoms with Crippen molar-refractivity contribution in [1.82, 2.24) is 4.90 Å². The van der Waals surface area contributed by atoms with Gasteiger partial charge in [0.2, 0.25) is 0 Å². The maximum atomic E-state index is 13.4. The van der Waals surface area contributed by atoms with E-state index in [1.807, 2.05) is 20.8 Å². The summed E-state index contributed by atoms with van der Waals surface area (Å²) in [7, 11) is 2.06. The SMILES string of the molecule is C\C=C/C(=C\C(=C\CC)C(F)(F)F)C(/C=C1/CCCCN1C)=C(C)CC.Nc1ccc(C(F)(F)F)cc1. The van der Waals surface area contributed by atoms with Crippen LogP contribution in [0.2, 0.25) is 0 Å². The molecule has 0 spiro atoms. The summed E-state index contributed by atoms with van der Waals surface area (Å²) in [5.74, 6) is 0. The second kappa shape index (κ2) is 14.7. The summed E-state index contributed by atoms with van der Waals surface area (Å²) in [6.45, 7) is 8.60. The van der Waals surface area contributed by atoms with E-state index in [4.69, 9.17) is 5.73 Å². The Balaban J connectivity index is 0.000000516. The van der Waals surface area contributed by atoms with Crippen LogP contribution in [0.15, 0.2) is 82.6 Å². The second-order valence-corrected chi connectivity index (χ2v) is 8.85. The molecule has 1 aliphatic rings. The number of alkyl halides is 6. The van der Waals surface area contributed by atoms with Gasteiger partial charge in [0.15, 0.2) is 0 Å². The molecule has 1 heterocycles. The fraction of sp³-hybridized carbons (Fsp3) is 0.448. The average Bonchev–Trinajstić information content (AvgIpc) is 2.82. The molecule has 0 aliphatic carbocycles. The molecule has 1 fully saturated rings. The van der Waals surface area contributed by atoms with Crippen molar-refractivity contribution in [3.8, 4) is 0 Å². The zero-order valence-electron chi connectivity index (χ0n) is 22.2. The third kappa shape index (κ3) is 10.9. The van der Waals surface area contributed by atoms with Gasteiger partial charge in [-0.1, -0.05) is 37.6 Å². The van der Waals surface area contributed by atoms with Gasteiger partial charge in [0.1, 0.15) is 0 Å². The first-order valence-corrected chi connectivity index (χ1v) is 12.4. The lowest BCUT2D eigenvalue weighted by Gasteiger charge is -2.28. The fourth-order valence-corrected chi connectivity index (χ4v) is 3.69. The largest absolute Gasteiger partial charge is 0.416 e. The standard InChI is InChI=1S/C22H32F3N.C7H6F3N/c1-6-11-18(15-19(12-7-2)22(23,24)25)21(17(4)8-3)16-20-13-9-10-14-26(20)5;8-7(9,10)5-1-3-6(11)4-2-5/h6,11-12,15-16H,7-10,13-14H2,1-5H3;1-4H,11H2/b11-6-,18-15+,19-12-,20-16-,21-17?;. The Labute approximate surface area is 216 Å². The molecule has 0 radical (unpaired) electrons. The lowest BCUT2D eigenvalue weighted by atomic mass is 9.93. The van der Waals surface area contributed by atoms with Crippen LogP contribution >= 0.6 is 0 Å². The van der Waals surface area contributed by atoms with Crippen LogP contribution in [0.5, 0.6) is 0 Å². The quantitative estimate of drug-likeness (QED) is 0.226. The number of benzene rings is 1. The van der Waals surface area contributed by atoms with E-state index < -0.39 is 23.5 Å². The number of nitrogens with two attached hydrogens (primary N) is 1. The number of anilines is 1. The van der Waals surface area contributed by atoms with Crippen LogP contribution in [-0.4, -0.2) is 24.7 Å². The number of hydrogen-bond donors (Lipinski definition) is 1. The first kappa shape index (κ1) is 32.1. The molecule has 1 saturated heterocycles. The summed E-state index contributed by atoms with van der Waals surface area (Å²) in [6, 6.07) is 4.36. The molecule has 2 rings (SSSR count). The van der Waals surface area contributed by atoms with Gasteiger partial charge in [-0.25, -0.2) is 0 Å². The Morgan fingerprint density at radius 3 is 2.11 bits per heavy atom. The van der Waals surface area contributed by atoms with E-state index >= 15 is 0 Å². The van der Waals surface area contributed by atoms with Crippen LogP contribution in [-0.2, 0) is 6.18 Å². The van der Waals surface area contributed by atoms with E-state index in [1.165, 1.54) is 30.0 Å². The van der Waals surface area contributed by atoms with Gasteiger partial charge in [0.05, 0.1) is 11.1 Å². The predicted molar refractivity (Wildman–Crippen MR) is 141 cm³/mol. The molecule has 0 atom stereocenters. The zero-order chi connectivity index (χ0) is 28.2. The molecule has 206 valence electrons. The molecule has 1 aromatic carbocycles. The van der Waals surface area contributed by atoms with E-state index in [9.17, 15) is 26.3 Å². The van der Waals surface area contributed by atoms with Gasteiger partial charge >= 0.3 is 12.4 Å². The van der Waals surface area contributed by atoms with Crippen molar-refractivity contribution in [3.63, 3.8) is 0 Å². The predicted octanol–water partition coefficient (Wildman–Crippen LogP) is 9.40. The monoisotopic (exact) mass is 528 g/mol. The van der Waals surface area contributed by atoms with Crippen LogP contribution in [0.4, 0.5) is 32.0 Å². The molecule has 37 heavy (non-hydrogen) atoms. The molecule has 0 unspecified atom stereocenters. The van der Waals surface area contributed by atoms with Gasteiger partial charge in [0.25, 0.3) is 0 Å². The third-order valence-electron chi connectivity index (χ3n) is 5.93. The first-order valence-electron chi connectivity index (χ1n) is 12.4. The highest BCUT2D eigenvalue weighted by Crippen LogP contribution is 2.32. The molecule has 2 N–H and O–H groups in total. The maximum absolute atomic E-state index is 13.4. The summed E-state index contributed by atoms with van der Waals surface area (Å²) < 4.78 is 75.8. The van der Waals surface area contributed by atoms with E-state index in [1.54, 1.807) is 19.1 Å². The minimum absolute atomic E-state index is 0.331. The second-order valence-electron chi connectivity index (χ2n) is 8.85. The molecule has 0 aromatic heterocycles. The van der Waals surface area contributed by atoms with Crippen molar-refractivity contribution in [2.75, 3.05) is 19.3 Å². The molecule has 0 bridgehead atoms. The van der Waals surface area contributed by atoms with Crippen molar-refractivity contribution < 1.29 is 26.3 Å². The molecule has 1 aliphatic heterocycles. The number of allylic oxidation sites excluding steroid dienone is 10. The first-order chi connectivity index (χ1) is 17.2. The minimum atomic E-state index is -4.34. The zero-order valence-corrected chi connectivity index (χ0v) is 22.2. The smallest absolute Gasteiger partial charge is 0.399 e. The summed E-state index contributed by atoms with van der Waals surface area (Å²) in [5, 5.41) is 0. The van der Waals surface area contributed by atoms with Crippen LogP contribution in [0, 0.1) is 0 Å². The molecule has 1 aromatic rings. The van der Waals surface area contributed by atoms with Gasteiger partial charge < -0.3 is 10.6 Å². The maximum Gasteiger partial charge on any atom is 0.416 e. The fourth-order valence-electron chi connectivity index (χ4n) is 3.69. The van der Waals surface area contributed by atoms with Gasteiger partial charge in [-0.15, -0.1) is 0 Å². The molecule has 0 amide bonds. The van der Waals surface area contributed by atoms with Gasteiger partial charge in [0, 0.05) is 25.0 Å². The van der Waals surface area contributed by atoms with Crippen molar-refractivity contribution in [3.05, 3.63) is 88.2 Å². The number of nitrogen functional groups attached to an aromatic ring is 1. The summed E-state index contributed by atoms with van der Waals surface area (Å²) in [6.07, 6.45) is 4.01. The third-order valence-corrected chi connectivity index (χ3v) is 5.93. The van der Waals surface area contributed by atoms with E-state index in [0.717, 1.165) is 55.5 Å². The molecule has 0 saturated carbocycles. The number of halogens is 6. The van der Waals surface area contributed by atoms with Crippen LogP contribution in [0.25, 0.3) is 0 Å². The molecular weight excluding hydrogens is 490 g/mol. The number of nitrogens with zero attached hydrogens (tertiary/aromatic N) is 1. The van der Waals surface area contributed by atoms with Crippen molar-refractivity contribution in [2.24, 2.45) is 0 Å². The summed E-state index contributed by atoms with van der Waals surface area (Å²) in [4.78, 5) is 2.21. The molecular formula is C29H38F6N2. The number of hydrogen-bond acceptors (Lipinski definition) is 2. The molecule has 8 heteroatoms. The Hall–Kier alpha value is -2.90. The van der Waals surface area contributed by atoms with Gasteiger partial charge in [-0.05, 0) is 93.5 Å². The normalized spacial score (nSPS) is 17.6. The summed E-state index contributed by atoms with van der Waals surface area (Å²) in [5.41, 5.74) is 8.10. The average molecular weight is 529 g/mol. The molecule has 2 nitrogen and oxygen atoms in total. The van der Waals surface area contributed by atoms with Crippen molar-refractivity contribution >= 4 is 5.69 Å². The minimum Gasteiger partial charge on any atom is -0.399 e. The Morgan fingerprint density at radius 1 is 1.03 bits per heavy atom. The van der Waals surface area contributed by atoms with Crippen molar-refractivity contribution in [2.45, 2.75) is 72.2 Å². The Morgan fingerprint density at radius 2 is 1.65 bits per heavy atom. The van der Waals surface area contributed by atoms with E-state index in [0.29, 0.717) is 17.7 Å². The highest BCUT2D eigenvalue weighted by Gasteiger charge is 2.32. The topological polar surface area (TPSA) is 29.3 Å². The van der Waals surface area contributed by atoms with Gasteiger partial charge in [-0.3, -0.25) is 0 Å². The van der Waals surface area contributed by atoms with Gasteiger partial charge in [-0.2, -0.15) is 26.3 Å².